The molecule has 0 spiro atoms. The van der Waals surface area contributed by atoms with Gasteiger partial charge in [0.05, 0.1) is 41.1 Å². The summed E-state index contributed by atoms with van der Waals surface area (Å²) in [6.45, 7) is 2.63. The van der Waals surface area contributed by atoms with Gasteiger partial charge in [-0.3, -0.25) is 9.48 Å². The minimum atomic E-state index is -1.14. The lowest BCUT2D eigenvalue weighted by molar-refractivity contribution is -0.116. The van der Waals surface area contributed by atoms with Crippen LogP contribution in [0.1, 0.15) is 19.8 Å². The van der Waals surface area contributed by atoms with E-state index in [9.17, 15) is 23.5 Å². The highest BCUT2D eigenvalue weighted by Gasteiger charge is 2.29. The van der Waals surface area contributed by atoms with E-state index < -0.39 is 23.6 Å². The summed E-state index contributed by atoms with van der Waals surface area (Å²) in [5.41, 5.74) is 0.757. The van der Waals surface area contributed by atoms with Gasteiger partial charge in [0.2, 0.25) is 5.91 Å². The van der Waals surface area contributed by atoms with Gasteiger partial charge in [0, 0.05) is 24.9 Å². The van der Waals surface area contributed by atoms with Crippen LogP contribution in [0.5, 0.6) is 11.5 Å². The lowest BCUT2D eigenvalue weighted by atomic mass is 10.2. The molecule has 2 amide bonds. The molecule has 1 aliphatic heterocycles. The van der Waals surface area contributed by atoms with Crippen LogP contribution >= 0.6 is 0 Å². The van der Waals surface area contributed by atoms with Gasteiger partial charge in [-0.25, -0.2) is 23.5 Å². The maximum atomic E-state index is 13.9. The highest BCUT2D eigenvalue weighted by Crippen LogP contribution is 2.36. The molecule has 1 atom stereocenters. The smallest absolute Gasteiger partial charge is 0.407 e. The van der Waals surface area contributed by atoms with Crippen molar-refractivity contribution in [1.29, 1.82) is 0 Å². The molecule has 0 aliphatic carbocycles. The zero-order chi connectivity index (χ0) is 28.9. The molecule has 1 unspecified atom stereocenters. The van der Waals surface area contributed by atoms with E-state index >= 15 is 0 Å². The molecule has 41 heavy (non-hydrogen) atoms. The second kappa shape index (κ2) is 12.0. The van der Waals surface area contributed by atoms with E-state index in [2.05, 4.69) is 25.7 Å². The summed E-state index contributed by atoms with van der Waals surface area (Å²) >= 11 is 0. The van der Waals surface area contributed by atoms with E-state index in [0.717, 1.165) is 12.5 Å². The zero-order valence-corrected chi connectivity index (χ0v) is 22.0. The lowest BCUT2D eigenvalue weighted by Crippen LogP contribution is -2.38. The number of ether oxygens (including phenoxy) is 2. The minimum absolute atomic E-state index is 0.143. The van der Waals surface area contributed by atoms with E-state index in [1.165, 1.54) is 34.2 Å². The van der Waals surface area contributed by atoms with Crippen molar-refractivity contribution in [3.63, 3.8) is 0 Å². The Morgan fingerprint density at radius 3 is 2.85 bits per heavy atom. The summed E-state index contributed by atoms with van der Waals surface area (Å²) in [5, 5.41) is 19.7. The van der Waals surface area contributed by atoms with Gasteiger partial charge in [0.25, 0.3) is 0 Å². The highest BCUT2D eigenvalue weighted by molar-refractivity contribution is 5.96. The van der Waals surface area contributed by atoms with Crippen molar-refractivity contribution in [3.8, 4) is 11.5 Å². The second-order valence-corrected chi connectivity index (χ2v) is 9.25. The molecule has 12 nitrogen and oxygen atoms in total. The van der Waals surface area contributed by atoms with Gasteiger partial charge >= 0.3 is 6.09 Å². The Hall–Kier alpha value is -5.01. The topological polar surface area (TPSA) is 144 Å². The number of likely N-dealkylation sites (tertiary alicyclic amines) is 1. The number of carbonyl (C=O) groups is 2. The van der Waals surface area contributed by atoms with Crippen LogP contribution < -0.4 is 20.1 Å². The largest absolute Gasteiger partial charge is 0.494 e. The van der Waals surface area contributed by atoms with Crippen LogP contribution in [0, 0.1) is 11.6 Å². The Morgan fingerprint density at radius 2 is 2.05 bits per heavy atom. The first kappa shape index (κ1) is 27.6. The number of rotatable bonds is 10. The number of benzene rings is 2. The number of amides is 2. The van der Waals surface area contributed by atoms with Gasteiger partial charge in [-0.15, -0.1) is 0 Å². The third-order valence-corrected chi connectivity index (χ3v) is 6.47. The van der Waals surface area contributed by atoms with E-state index in [-0.39, 0.29) is 24.9 Å². The Kier molecular flexibility index (Phi) is 8.08. The van der Waals surface area contributed by atoms with E-state index in [0.29, 0.717) is 53.5 Å². The Bertz CT molecular complexity index is 1580. The number of nitrogens with zero attached hydrogens (tertiary/aromatic N) is 5. The van der Waals surface area contributed by atoms with Gasteiger partial charge < -0.3 is 30.1 Å². The maximum Gasteiger partial charge on any atom is 0.407 e. The third-order valence-electron chi connectivity index (χ3n) is 6.47. The number of hydrogen-bond donors (Lipinski definition) is 3. The van der Waals surface area contributed by atoms with Crippen LogP contribution in [0.2, 0.25) is 0 Å². The van der Waals surface area contributed by atoms with E-state index in [1.807, 2.05) is 6.92 Å². The summed E-state index contributed by atoms with van der Waals surface area (Å²) in [6.07, 6.45) is 4.86. The minimum Gasteiger partial charge on any atom is -0.494 e. The average molecular weight is 568 g/mol. The number of carbonyl (C=O) groups excluding carboxylic acids is 1. The molecule has 4 aromatic rings. The summed E-state index contributed by atoms with van der Waals surface area (Å²) in [6, 6.07) is 6.68. The first-order valence-corrected chi connectivity index (χ1v) is 12.9. The molecule has 0 radical (unpaired) electrons. The Morgan fingerprint density at radius 1 is 1.20 bits per heavy atom. The molecule has 214 valence electrons. The standard InChI is InChI=1S/C27H27F2N7O5/c1-2-40-18-9-21-24(22(10-18)41-14-17-5-4-8-36(17)27(38)39)26(31-15-30-21)33-16-11-32-35(12-16)13-23(37)34-20-7-3-6-19(28)25(20)29/h3,6-7,9-12,15,17H,2,4-5,8,13-14H2,1H3,(H,34,37)(H,38,39)(H,30,31,33). The van der Waals surface area contributed by atoms with Crippen LogP contribution in [-0.4, -0.2) is 67.6 Å². The molecular formula is C27H27F2N7O5. The van der Waals surface area contributed by atoms with Crippen molar-refractivity contribution in [1.82, 2.24) is 24.6 Å². The molecule has 2 aromatic carbocycles. The predicted octanol–water partition coefficient (Wildman–Crippen LogP) is 4.41. The summed E-state index contributed by atoms with van der Waals surface area (Å²) in [7, 11) is 0. The Labute approximate surface area is 232 Å². The lowest BCUT2D eigenvalue weighted by Gasteiger charge is -2.22. The fraction of sp³-hybridized carbons (Fsp3) is 0.296. The van der Waals surface area contributed by atoms with Crippen molar-refractivity contribution in [2.45, 2.75) is 32.4 Å². The highest BCUT2D eigenvalue weighted by atomic mass is 19.2. The van der Waals surface area contributed by atoms with Crippen LogP contribution in [0.25, 0.3) is 10.9 Å². The molecule has 1 aliphatic rings. The number of carboxylic acid groups (broad SMARTS) is 1. The van der Waals surface area contributed by atoms with Crippen LogP contribution in [-0.2, 0) is 11.3 Å². The first-order chi connectivity index (χ1) is 19.8. The van der Waals surface area contributed by atoms with Crippen molar-refractivity contribution >= 4 is 40.1 Å². The van der Waals surface area contributed by atoms with Crippen LogP contribution in [0.3, 0.4) is 0 Å². The van der Waals surface area contributed by atoms with Gasteiger partial charge in [0.1, 0.15) is 36.8 Å². The molecule has 0 saturated carbocycles. The second-order valence-electron chi connectivity index (χ2n) is 9.25. The number of anilines is 3. The van der Waals surface area contributed by atoms with E-state index in [4.69, 9.17) is 9.47 Å². The van der Waals surface area contributed by atoms with Gasteiger partial charge in [-0.1, -0.05) is 6.07 Å². The molecular weight excluding hydrogens is 540 g/mol. The van der Waals surface area contributed by atoms with Gasteiger partial charge in [0.15, 0.2) is 11.6 Å². The SMILES string of the molecule is CCOc1cc(OCC2CCCN2C(=O)O)c2c(Nc3cnn(CC(=O)Nc4cccc(F)c4F)c3)ncnc2c1. The van der Waals surface area contributed by atoms with Crippen molar-refractivity contribution in [2.75, 3.05) is 30.4 Å². The predicted molar refractivity (Wildman–Crippen MR) is 144 cm³/mol. The van der Waals surface area contributed by atoms with Crippen LogP contribution in [0.4, 0.5) is 30.8 Å². The van der Waals surface area contributed by atoms with Crippen molar-refractivity contribution < 1.29 is 33.0 Å². The normalized spacial score (nSPS) is 14.7. The molecule has 3 heterocycles. The molecule has 1 fully saturated rings. The van der Waals surface area contributed by atoms with Gasteiger partial charge in [-0.05, 0) is 31.9 Å². The van der Waals surface area contributed by atoms with E-state index in [1.54, 1.807) is 18.3 Å². The molecule has 5 rings (SSSR count). The number of fused-ring (bicyclic) bond motifs is 1. The first-order valence-electron chi connectivity index (χ1n) is 12.9. The molecule has 3 N–H and O–H groups in total. The fourth-order valence-corrected chi connectivity index (χ4v) is 4.62. The van der Waals surface area contributed by atoms with Crippen LogP contribution in [0.15, 0.2) is 49.1 Å². The monoisotopic (exact) mass is 567 g/mol. The molecule has 0 bridgehead atoms. The summed E-state index contributed by atoms with van der Waals surface area (Å²) in [4.78, 5) is 34.1. The molecule has 1 saturated heterocycles. The fourth-order valence-electron chi connectivity index (χ4n) is 4.62. The molecule has 2 aromatic heterocycles. The number of hydrogen-bond acceptors (Lipinski definition) is 8. The number of halogens is 2. The zero-order valence-electron chi connectivity index (χ0n) is 22.0. The van der Waals surface area contributed by atoms with Crippen molar-refractivity contribution in [3.05, 3.63) is 60.7 Å². The maximum absolute atomic E-state index is 13.9. The Balaban J connectivity index is 1.35. The average Bonchev–Trinajstić information content (AvgIpc) is 3.59. The van der Waals surface area contributed by atoms with Gasteiger partial charge in [-0.2, -0.15) is 5.10 Å². The summed E-state index contributed by atoms with van der Waals surface area (Å²) < 4.78 is 40.5. The number of nitrogens with one attached hydrogen (secondary N) is 2. The molecule has 14 heteroatoms. The summed E-state index contributed by atoms with van der Waals surface area (Å²) in [5.74, 6) is -1.47. The van der Waals surface area contributed by atoms with Crippen molar-refractivity contribution in [2.24, 2.45) is 0 Å². The quantitative estimate of drug-likeness (QED) is 0.254. The third kappa shape index (κ3) is 6.26. The number of aromatic nitrogens is 4.